The number of nitro groups is 1. The maximum Gasteiger partial charge on any atom is 0.311 e. The number of hydrogen-bond acceptors (Lipinski definition) is 6. The Balaban J connectivity index is 3.07. The van der Waals surface area contributed by atoms with E-state index in [0.717, 1.165) is 0 Å². The lowest BCUT2D eigenvalue weighted by Gasteiger charge is -2.26. The van der Waals surface area contributed by atoms with E-state index in [1.807, 2.05) is 20.8 Å². The minimum Gasteiger partial charge on any atom is -0.396 e. The molecule has 0 bridgehead atoms. The molecule has 19 heavy (non-hydrogen) atoms. The summed E-state index contributed by atoms with van der Waals surface area (Å²) in [6.07, 6.45) is 0.470. The average molecular weight is 268 g/mol. The Bertz CT molecular complexity index is 449. The molecule has 3 N–H and O–H groups in total. The van der Waals surface area contributed by atoms with Crippen LogP contribution in [0.2, 0.25) is 0 Å². The predicted octanol–water partition coefficient (Wildman–Crippen LogP) is 1.99. The molecule has 0 aliphatic rings. The molecule has 0 saturated carbocycles. The zero-order chi connectivity index (χ0) is 14.5. The Morgan fingerprint density at radius 2 is 2.16 bits per heavy atom. The molecule has 0 amide bonds. The van der Waals surface area contributed by atoms with Gasteiger partial charge < -0.3 is 15.7 Å². The van der Waals surface area contributed by atoms with Crippen molar-refractivity contribution in [2.75, 3.05) is 23.8 Å². The maximum absolute atomic E-state index is 11.0. The topological polar surface area (TPSA) is 100 Å². The van der Waals surface area contributed by atoms with Crippen molar-refractivity contribution in [1.82, 2.24) is 4.98 Å². The van der Waals surface area contributed by atoms with E-state index >= 15 is 0 Å². The van der Waals surface area contributed by atoms with Gasteiger partial charge in [-0.15, -0.1) is 0 Å². The average Bonchev–Trinajstić information content (AvgIpc) is 2.28. The van der Waals surface area contributed by atoms with Crippen LogP contribution in [0.1, 0.15) is 27.2 Å². The summed E-state index contributed by atoms with van der Waals surface area (Å²) >= 11 is 0. The summed E-state index contributed by atoms with van der Waals surface area (Å²) in [4.78, 5) is 14.7. The highest BCUT2D eigenvalue weighted by Crippen LogP contribution is 2.27. The first-order chi connectivity index (χ1) is 8.89. The molecule has 0 atom stereocenters. The first kappa shape index (κ1) is 15.2. The monoisotopic (exact) mass is 268 g/mol. The quantitative estimate of drug-likeness (QED) is 0.516. The van der Waals surface area contributed by atoms with Gasteiger partial charge in [0.2, 0.25) is 5.82 Å². The molecule has 1 aromatic heterocycles. The molecular weight excluding hydrogens is 248 g/mol. The van der Waals surface area contributed by atoms with Crippen molar-refractivity contribution < 1.29 is 10.0 Å². The molecule has 1 heterocycles. The highest BCUT2D eigenvalue weighted by Gasteiger charge is 2.23. The van der Waals surface area contributed by atoms with Gasteiger partial charge in [0, 0.05) is 24.8 Å². The molecule has 0 spiro atoms. The number of nitrogens with zero attached hydrogens (tertiary/aromatic N) is 2. The van der Waals surface area contributed by atoms with Crippen molar-refractivity contribution >= 4 is 17.3 Å². The molecule has 0 aliphatic carbocycles. The van der Waals surface area contributed by atoms with Crippen LogP contribution in [0.25, 0.3) is 0 Å². The number of aliphatic hydroxyl groups excluding tert-OH is 1. The molecule has 1 aromatic rings. The highest BCUT2D eigenvalue weighted by molar-refractivity contribution is 5.61. The fourth-order valence-electron chi connectivity index (χ4n) is 1.63. The van der Waals surface area contributed by atoms with Gasteiger partial charge in [-0.05, 0) is 33.3 Å². The van der Waals surface area contributed by atoms with Crippen molar-refractivity contribution in [3.63, 3.8) is 0 Å². The highest BCUT2D eigenvalue weighted by atomic mass is 16.6. The summed E-state index contributed by atoms with van der Waals surface area (Å²) in [5, 5.41) is 26.0. The Morgan fingerprint density at radius 3 is 2.68 bits per heavy atom. The molecule has 0 fully saturated rings. The van der Waals surface area contributed by atoms with Gasteiger partial charge in [0.15, 0.2) is 0 Å². The number of rotatable bonds is 7. The van der Waals surface area contributed by atoms with Gasteiger partial charge in [-0.3, -0.25) is 10.1 Å². The lowest BCUT2D eigenvalue weighted by atomic mass is 10.0. The molecule has 7 nitrogen and oxygen atoms in total. The second kappa shape index (κ2) is 6.33. The largest absolute Gasteiger partial charge is 0.396 e. The van der Waals surface area contributed by atoms with Crippen molar-refractivity contribution in [2.24, 2.45) is 0 Å². The van der Waals surface area contributed by atoms with Gasteiger partial charge in [-0.2, -0.15) is 0 Å². The standard InChI is InChI=1S/C12H20N4O3/c1-4-13-10-6-5-9(16(18)19)11(14-10)15-12(2,3)7-8-17/h5-6,17H,4,7-8H2,1-3H3,(H2,13,14,15). The second-order valence-corrected chi connectivity index (χ2v) is 4.83. The Hall–Kier alpha value is -1.89. The number of pyridine rings is 1. The van der Waals surface area contributed by atoms with Gasteiger partial charge >= 0.3 is 5.69 Å². The van der Waals surface area contributed by atoms with E-state index < -0.39 is 10.5 Å². The van der Waals surface area contributed by atoms with Crippen molar-refractivity contribution in [2.45, 2.75) is 32.7 Å². The van der Waals surface area contributed by atoms with Crippen molar-refractivity contribution in [1.29, 1.82) is 0 Å². The van der Waals surface area contributed by atoms with Gasteiger partial charge in [0.1, 0.15) is 5.82 Å². The zero-order valence-corrected chi connectivity index (χ0v) is 11.4. The van der Waals surface area contributed by atoms with Gasteiger partial charge in [-0.25, -0.2) is 4.98 Å². The minimum absolute atomic E-state index is 0.000693. The molecular formula is C12H20N4O3. The third kappa shape index (κ3) is 4.36. The fourth-order valence-corrected chi connectivity index (χ4v) is 1.63. The van der Waals surface area contributed by atoms with E-state index in [0.29, 0.717) is 18.8 Å². The Morgan fingerprint density at radius 1 is 1.47 bits per heavy atom. The Labute approximate surface area is 112 Å². The zero-order valence-electron chi connectivity index (χ0n) is 11.4. The number of hydrogen-bond donors (Lipinski definition) is 3. The summed E-state index contributed by atoms with van der Waals surface area (Å²) in [6, 6.07) is 2.99. The van der Waals surface area contributed by atoms with Gasteiger partial charge in [0.25, 0.3) is 0 Å². The molecule has 7 heteroatoms. The predicted molar refractivity (Wildman–Crippen MR) is 74.5 cm³/mol. The third-order valence-corrected chi connectivity index (χ3v) is 2.62. The lowest BCUT2D eigenvalue weighted by molar-refractivity contribution is -0.384. The SMILES string of the molecule is CCNc1ccc([N+](=O)[O-])c(NC(C)(C)CCO)n1. The van der Waals surface area contributed by atoms with Crippen LogP contribution in [-0.4, -0.2) is 33.7 Å². The van der Waals surface area contributed by atoms with E-state index in [2.05, 4.69) is 15.6 Å². The van der Waals surface area contributed by atoms with Crippen LogP contribution in [0.5, 0.6) is 0 Å². The summed E-state index contributed by atoms with van der Waals surface area (Å²) in [5.41, 5.74) is -0.551. The number of aromatic nitrogens is 1. The third-order valence-electron chi connectivity index (χ3n) is 2.62. The number of anilines is 2. The first-order valence-electron chi connectivity index (χ1n) is 6.18. The van der Waals surface area contributed by atoms with Crippen molar-refractivity contribution in [3.8, 4) is 0 Å². The molecule has 0 radical (unpaired) electrons. The summed E-state index contributed by atoms with van der Waals surface area (Å²) in [6.45, 7) is 6.32. The van der Waals surface area contributed by atoms with E-state index in [-0.39, 0.29) is 18.1 Å². The lowest BCUT2D eigenvalue weighted by Crippen LogP contribution is -2.32. The first-order valence-corrected chi connectivity index (χ1v) is 6.18. The van der Waals surface area contributed by atoms with Crippen LogP contribution >= 0.6 is 0 Å². The van der Waals surface area contributed by atoms with Gasteiger partial charge in [-0.1, -0.05) is 0 Å². The minimum atomic E-state index is -0.475. The van der Waals surface area contributed by atoms with E-state index in [1.165, 1.54) is 6.07 Å². The van der Waals surface area contributed by atoms with E-state index in [9.17, 15) is 10.1 Å². The molecule has 0 saturated heterocycles. The van der Waals surface area contributed by atoms with E-state index in [1.54, 1.807) is 6.07 Å². The molecule has 106 valence electrons. The van der Waals surface area contributed by atoms with Crippen LogP contribution in [0.3, 0.4) is 0 Å². The fraction of sp³-hybridized carbons (Fsp3) is 0.583. The van der Waals surface area contributed by atoms with Crippen LogP contribution in [0, 0.1) is 10.1 Å². The number of aliphatic hydroxyl groups is 1. The normalized spacial score (nSPS) is 11.2. The molecule has 0 aliphatic heterocycles. The summed E-state index contributed by atoms with van der Waals surface area (Å²) in [5.74, 6) is 0.789. The van der Waals surface area contributed by atoms with Crippen LogP contribution in [0.4, 0.5) is 17.3 Å². The molecule has 0 unspecified atom stereocenters. The maximum atomic E-state index is 11.0. The second-order valence-electron chi connectivity index (χ2n) is 4.83. The van der Waals surface area contributed by atoms with Gasteiger partial charge in [0.05, 0.1) is 4.92 Å². The molecule has 1 rings (SSSR count). The van der Waals surface area contributed by atoms with Crippen molar-refractivity contribution in [3.05, 3.63) is 22.2 Å². The van der Waals surface area contributed by atoms with Crippen LogP contribution in [0.15, 0.2) is 12.1 Å². The Kier molecular flexibility index (Phi) is 5.05. The van der Waals surface area contributed by atoms with Crippen LogP contribution < -0.4 is 10.6 Å². The number of nitrogens with one attached hydrogen (secondary N) is 2. The smallest absolute Gasteiger partial charge is 0.311 e. The van der Waals surface area contributed by atoms with E-state index in [4.69, 9.17) is 5.11 Å². The summed E-state index contributed by atoms with van der Waals surface area (Å²) in [7, 11) is 0. The van der Waals surface area contributed by atoms with Crippen LogP contribution in [-0.2, 0) is 0 Å². The summed E-state index contributed by atoms with van der Waals surface area (Å²) < 4.78 is 0. The molecule has 0 aromatic carbocycles.